The van der Waals surface area contributed by atoms with Gasteiger partial charge >= 0.3 is 11.7 Å². The van der Waals surface area contributed by atoms with Gasteiger partial charge in [-0.05, 0) is 64.2 Å². The number of ether oxygens (including phenoxy) is 1. The highest BCUT2D eigenvalue weighted by Crippen LogP contribution is 2.32. The number of nitrogens with one attached hydrogen (secondary N) is 1. The largest absolute Gasteiger partial charge is 0.460 e. The van der Waals surface area contributed by atoms with E-state index < -0.39 is 17.6 Å². The number of imide groups is 1. The minimum absolute atomic E-state index is 0.142. The molecule has 1 N–H and O–H groups in total. The van der Waals surface area contributed by atoms with Crippen LogP contribution in [0.15, 0.2) is 23.0 Å². The summed E-state index contributed by atoms with van der Waals surface area (Å²) in [7, 11) is 1.70. The van der Waals surface area contributed by atoms with Gasteiger partial charge in [-0.3, -0.25) is 28.8 Å². The van der Waals surface area contributed by atoms with Crippen molar-refractivity contribution in [1.82, 2.24) is 14.5 Å². The van der Waals surface area contributed by atoms with Crippen molar-refractivity contribution in [2.45, 2.75) is 65.0 Å². The number of hydrogen-bond acceptors (Lipinski definition) is 6. The number of carbonyl (C=O) groups is 3. The molecule has 4 rings (SSSR count). The summed E-state index contributed by atoms with van der Waals surface area (Å²) >= 11 is 0. The lowest BCUT2D eigenvalue weighted by Crippen LogP contribution is -2.44. The van der Waals surface area contributed by atoms with Crippen LogP contribution in [0.4, 0.5) is 5.69 Å². The van der Waals surface area contributed by atoms with Gasteiger partial charge in [0.15, 0.2) is 0 Å². The normalized spacial score (nSPS) is 21.0. The number of fused-ring (bicyclic) bond motifs is 1. The fraction of sp³-hybridized carbons (Fsp3) is 0.600. The van der Waals surface area contributed by atoms with E-state index in [2.05, 4.69) is 10.2 Å². The molecular weight excluding hydrogens is 436 g/mol. The van der Waals surface area contributed by atoms with Crippen LogP contribution in [0.5, 0.6) is 0 Å². The maximum atomic E-state index is 13.0. The first-order valence-electron chi connectivity index (χ1n) is 12.0. The number of aromatic nitrogens is 2. The second-order valence-corrected chi connectivity index (χ2v) is 10.5. The first-order chi connectivity index (χ1) is 16.0. The summed E-state index contributed by atoms with van der Waals surface area (Å²) in [5, 5.41) is 2.34. The summed E-state index contributed by atoms with van der Waals surface area (Å²) in [5.74, 6) is -0.755. The molecule has 0 radical (unpaired) electrons. The van der Waals surface area contributed by atoms with E-state index in [1.54, 1.807) is 11.6 Å². The van der Waals surface area contributed by atoms with Gasteiger partial charge in [-0.2, -0.15) is 0 Å². The molecule has 2 atom stereocenters. The summed E-state index contributed by atoms with van der Waals surface area (Å²) in [6.45, 7) is 9.23. The first-order valence-corrected chi connectivity index (χ1v) is 12.0. The Hall–Kier alpha value is -3.10. The number of anilines is 1. The van der Waals surface area contributed by atoms with Crippen molar-refractivity contribution in [2.75, 3.05) is 18.0 Å². The van der Waals surface area contributed by atoms with Crippen molar-refractivity contribution in [1.29, 1.82) is 0 Å². The molecule has 2 aromatic rings. The van der Waals surface area contributed by atoms with Crippen LogP contribution in [0.25, 0.3) is 11.0 Å². The monoisotopic (exact) mass is 470 g/mol. The van der Waals surface area contributed by atoms with Crippen molar-refractivity contribution in [3.63, 3.8) is 0 Å². The number of aryl methyl sites for hydroxylation is 1. The third-order valence-electron chi connectivity index (χ3n) is 6.99. The average Bonchev–Trinajstić information content (AvgIpc) is 3.02. The van der Waals surface area contributed by atoms with Gasteiger partial charge in [0.2, 0.25) is 11.8 Å². The molecule has 2 amide bonds. The summed E-state index contributed by atoms with van der Waals surface area (Å²) in [4.78, 5) is 51.7. The van der Waals surface area contributed by atoms with Crippen molar-refractivity contribution in [3.05, 3.63) is 28.7 Å². The summed E-state index contributed by atoms with van der Waals surface area (Å²) < 4.78 is 8.62. The van der Waals surface area contributed by atoms with Gasteiger partial charge in [0.05, 0.1) is 17.0 Å². The van der Waals surface area contributed by atoms with Gasteiger partial charge in [0.1, 0.15) is 11.6 Å². The molecular formula is C25H34N4O5. The Morgan fingerprint density at radius 3 is 2.38 bits per heavy atom. The number of esters is 1. The SMILES string of the molecule is C[C@H](C(=O)OC(C)(C)C)C1CCN(c2ccc3c(c2)n(C)c(=O)n3C2CCC(=O)NC2=O)CC1. The molecule has 0 spiro atoms. The van der Waals surface area contributed by atoms with Crippen LogP contribution in [0.1, 0.15) is 59.4 Å². The maximum Gasteiger partial charge on any atom is 0.329 e. The van der Waals surface area contributed by atoms with Crippen molar-refractivity contribution in [3.8, 4) is 0 Å². The van der Waals surface area contributed by atoms with Crippen molar-refractivity contribution >= 4 is 34.5 Å². The van der Waals surface area contributed by atoms with E-state index in [1.807, 2.05) is 45.9 Å². The molecule has 9 heteroatoms. The lowest BCUT2D eigenvalue weighted by Gasteiger charge is -2.36. The molecule has 1 aromatic carbocycles. The van der Waals surface area contributed by atoms with Crippen LogP contribution in [-0.4, -0.2) is 45.6 Å². The minimum Gasteiger partial charge on any atom is -0.460 e. The molecule has 2 saturated heterocycles. The van der Waals surface area contributed by atoms with Gasteiger partial charge < -0.3 is 9.64 Å². The number of carbonyl (C=O) groups excluding carboxylic acids is 3. The number of imidazole rings is 1. The van der Waals surface area contributed by atoms with Crippen molar-refractivity contribution < 1.29 is 19.1 Å². The number of nitrogens with zero attached hydrogens (tertiary/aromatic N) is 3. The Bertz CT molecular complexity index is 1180. The Balaban J connectivity index is 1.51. The number of hydrogen-bond donors (Lipinski definition) is 1. The Morgan fingerprint density at radius 2 is 1.76 bits per heavy atom. The van der Waals surface area contributed by atoms with E-state index >= 15 is 0 Å². The topological polar surface area (TPSA) is 103 Å². The summed E-state index contributed by atoms with van der Waals surface area (Å²) in [5.41, 5.74) is 1.68. The van der Waals surface area contributed by atoms with E-state index in [0.717, 1.165) is 37.1 Å². The molecule has 2 fully saturated rings. The molecule has 0 aliphatic carbocycles. The van der Waals surface area contributed by atoms with Crippen LogP contribution in [0.3, 0.4) is 0 Å². The Morgan fingerprint density at radius 1 is 1.09 bits per heavy atom. The smallest absolute Gasteiger partial charge is 0.329 e. The zero-order valence-corrected chi connectivity index (χ0v) is 20.6. The van der Waals surface area contributed by atoms with Gasteiger partial charge in [-0.15, -0.1) is 0 Å². The lowest BCUT2D eigenvalue weighted by molar-refractivity contribution is -0.161. The molecule has 3 heterocycles. The van der Waals surface area contributed by atoms with Crippen LogP contribution < -0.4 is 15.9 Å². The van der Waals surface area contributed by atoms with Gasteiger partial charge in [0, 0.05) is 32.2 Å². The highest BCUT2D eigenvalue weighted by atomic mass is 16.6. The average molecular weight is 471 g/mol. The highest BCUT2D eigenvalue weighted by Gasteiger charge is 2.33. The molecule has 1 aromatic heterocycles. The second-order valence-electron chi connectivity index (χ2n) is 10.5. The molecule has 184 valence electrons. The van der Waals surface area contributed by atoms with E-state index in [0.29, 0.717) is 11.9 Å². The molecule has 2 aliphatic rings. The standard InChI is InChI=1S/C25H34N4O5/c1-15(23(32)34-25(2,3)4)16-10-12-28(13-11-16)17-6-7-18-20(14-17)27(5)24(33)29(18)19-8-9-21(30)26-22(19)31/h6-7,14-16,19H,8-13H2,1-5H3,(H,26,30,31)/t15-,19?/m0/s1. The number of amides is 2. The quantitative estimate of drug-likeness (QED) is 0.544. The Kier molecular flexibility index (Phi) is 6.31. The molecule has 2 aliphatic heterocycles. The summed E-state index contributed by atoms with van der Waals surface area (Å²) in [6, 6.07) is 5.15. The van der Waals surface area contributed by atoms with E-state index in [-0.39, 0.29) is 35.8 Å². The van der Waals surface area contributed by atoms with E-state index in [9.17, 15) is 19.2 Å². The van der Waals surface area contributed by atoms with Crippen LogP contribution in [-0.2, 0) is 26.2 Å². The number of benzene rings is 1. The van der Waals surface area contributed by atoms with E-state index in [4.69, 9.17) is 4.74 Å². The molecule has 1 unspecified atom stereocenters. The van der Waals surface area contributed by atoms with Crippen LogP contribution in [0, 0.1) is 11.8 Å². The first kappa shape index (κ1) is 24.0. The third-order valence-corrected chi connectivity index (χ3v) is 6.99. The molecule has 9 nitrogen and oxygen atoms in total. The molecule has 0 bridgehead atoms. The van der Waals surface area contributed by atoms with Gasteiger partial charge in [0.25, 0.3) is 0 Å². The minimum atomic E-state index is -0.690. The fourth-order valence-electron chi connectivity index (χ4n) is 5.02. The van der Waals surface area contributed by atoms with Gasteiger partial charge in [-0.25, -0.2) is 4.79 Å². The van der Waals surface area contributed by atoms with Crippen LogP contribution in [0.2, 0.25) is 0 Å². The zero-order chi connectivity index (χ0) is 24.8. The number of piperidine rings is 2. The Labute approximate surface area is 199 Å². The third kappa shape index (κ3) is 4.60. The van der Waals surface area contributed by atoms with Crippen LogP contribution >= 0.6 is 0 Å². The summed E-state index contributed by atoms with van der Waals surface area (Å²) in [6.07, 6.45) is 2.30. The second kappa shape index (κ2) is 8.92. The van der Waals surface area contributed by atoms with Gasteiger partial charge in [-0.1, -0.05) is 6.92 Å². The number of rotatable bonds is 4. The zero-order valence-electron chi connectivity index (χ0n) is 20.6. The lowest BCUT2D eigenvalue weighted by atomic mass is 9.85. The molecule has 0 saturated carbocycles. The van der Waals surface area contributed by atoms with E-state index in [1.165, 1.54) is 4.57 Å². The maximum absolute atomic E-state index is 13.0. The fourth-order valence-corrected chi connectivity index (χ4v) is 5.02. The highest BCUT2D eigenvalue weighted by molar-refractivity contribution is 6.00. The molecule has 34 heavy (non-hydrogen) atoms. The predicted molar refractivity (Wildman–Crippen MR) is 129 cm³/mol. The van der Waals surface area contributed by atoms with Crippen molar-refractivity contribution in [2.24, 2.45) is 18.9 Å². The predicted octanol–water partition coefficient (Wildman–Crippen LogP) is 2.51.